The van der Waals surface area contributed by atoms with Crippen LogP contribution >= 0.6 is 11.3 Å². The van der Waals surface area contributed by atoms with E-state index in [-0.39, 0.29) is 6.10 Å². The van der Waals surface area contributed by atoms with Crippen LogP contribution in [0.25, 0.3) is 0 Å². The van der Waals surface area contributed by atoms with Gasteiger partial charge < -0.3 is 5.11 Å². The summed E-state index contributed by atoms with van der Waals surface area (Å²) in [6.45, 7) is 2.16. The van der Waals surface area contributed by atoms with Crippen molar-refractivity contribution in [1.29, 1.82) is 0 Å². The zero-order valence-electron chi connectivity index (χ0n) is 8.70. The molecule has 78 valence electrons. The predicted molar refractivity (Wildman–Crippen MR) is 60.6 cm³/mol. The van der Waals surface area contributed by atoms with Crippen molar-refractivity contribution in [2.45, 2.75) is 45.1 Å². The Balaban J connectivity index is 1.85. The fraction of sp³-hybridized carbons (Fsp3) is 0.667. The van der Waals surface area contributed by atoms with E-state index in [1.165, 1.54) is 24.1 Å². The summed E-state index contributed by atoms with van der Waals surface area (Å²) < 4.78 is 0. The SMILES string of the molecule is CCc1ccc(C(O)CCC2CC2)s1. The number of hydrogen-bond donors (Lipinski definition) is 1. The lowest BCUT2D eigenvalue weighted by molar-refractivity contribution is 0.166. The van der Waals surface area contributed by atoms with Crippen molar-refractivity contribution in [3.63, 3.8) is 0 Å². The molecule has 0 spiro atoms. The third-order valence-corrected chi connectivity index (χ3v) is 4.24. The molecule has 0 amide bonds. The third-order valence-electron chi connectivity index (χ3n) is 2.90. The number of rotatable bonds is 5. The largest absolute Gasteiger partial charge is 0.388 e. The smallest absolute Gasteiger partial charge is 0.0882 e. The first-order valence-corrected chi connectivity index (χ1v) is 6.38. The molecule has 0 aromatic carbocycles. The molecule has 1 atom stereocenters. The highest BCUT2D eigenvalue weighted by Gasteiger charge is 2.22. The maximum atomic E-state index is 9.92. The molecule has 14 heavy (non-hydrogen) atoms. The summed E-state index contributed by atoms with van der Waals surface area (Å²) in [7, 11) is 0. The maximum absolute atomic E-state index is 9.92. The summed E-state index contributed by atoms with van der Waals surface area (Å²) in [5.74, 6) is 0.926. The van der Waals surface area contributed by atoms with Crippen molar-refractivity contribution in [3.05, 3.63) is 21.9 Å². The van der Waals surface area contributed by atoms with Crippen molar-refractivity contribution >= 4 is 11.3 Å². The Morgan fingerprint density at radius 1 is 1.50 bits per heavy atom. The molecule has 2 heteroatoms. The second-order valence-corrected chi connectivity index (χ2v) is 5.39. The lowest BCUT2D eigenvalue weighted by Crippen LogP contribution is -1.94. The van der Waals surface area contributed by atoms with Crippen molar-refractivity contribution < 1.29 is 5.11 Å². The molecule has 0 radical (unpaired) electrons. The van der Waals surface area contributed by atoms with Gasteiger partial charge in [0.05, 0.1) is 6.10 Å². The summed E-state index contributed by atoms with van der Waals surface area (Å²) in [5.41, 5.74) is 0. The molecule has 0 bridgehead atoms. The van der Waals surface area contributed by atoms with Crippen molar-refractivity contribution in [2.24, 2.45) is 5.92 Å². The van der Waals surface area contributed by atoms with Crippen molar-refractivity contribution in [3.8, 4) is 0 Å². The fourth-order valence-electron chi connectivity index (χ4n) is 1.71. The van der Waals surface area contributed by atoms with Crippen molar-refractivity contribution in [2.75, 3.05) is 0 Å². The first kappa shape index (κ1) is 10.2. The van der Waals surface area contributed by atoms with Crippen LogP contribution in [-0.4, -0.2) is 5.11 Å². The molecule has 1 N–H and O–H groups in total. The molecular weight excluding hydrogens is 192 g/mol. The van der Waals surface area contributed by atoms with E-state index in [2.05, 4.69) is 19.1 Å². The van der Waals surface area contributed by atoms with Gasteiger partial charge >= 0.3 is 0 Å². The minimum absolute atomic E-state index is 0.208. The van der Waals surface area contributed by atoms with Gasteiger partial charge in [0.25, 0.3) is 0 Å². The summed E-state index contributed by atoms with van der Waals surface area (Å²) in [5, 5.41) is 9.92. The molecule has 1 fully saturated rings. The molecule has 0 saturated heterocycles. The normalized spacial score (nSPS) is 18.4. The Hall–Kier alpha value is -0.340. The molecule has 1 heterocycles. The van der Waals surface area contributed by atoms with Gasteiger partial charge in [-0.05, 0) is 37.3 Å². The van der Waals surface area contributed by atoms with Crippen LogP contribution in [0.4, 0.5) is 0 Å². The molecule has 1 aromatic heterocycles. The molecular formula is C12H18OS. The van der Waals surface area contributed by atoms with Crippen LogP contribution in [0.3, 0.4) is 0 Å². The molecule has 1 saturated carbocycles. The van der Waals surface area contributed by atoms with Crippen LogP contribution in [0.5, 0.6) is 0 Å². The minimum atomic E-state index is -0.208. The van der Waals surface area contributed by atoms with E-state index in [4.69, 9.17) is 0 Å². The van der Waals surface area contributed by atoms with E-state index in [9.17, 15) is 5.11 Å². The first-order valence-electron chi connectivity index (χ1n) is 5.56. The summed E-state index contributed by atoms with van der Waals surface area (Å²) >= 11 is 1.76. The predicted octanol–water partition coefficient (Wildman–Crippen LogP) is 3.53. The van der Waals surface area contributed by atoms with Crippen LogP contribution in [0.2, 0.25) is 0 Å². The Morgan fingerprint density at radius 2 is 2.29 bits per heavy atom. The average Bonchev–Trinajstić information content (AvgIpc) is 2.90. The maximum Gasteiger partial charge on any atom is 0.0882 e. The Kier molecular flexibility index (Phi) is 3.24. The quantitative estimate of drug-likeness (QED) is 0.788. The number of thiophene rings is 1. The molecule has 1 nitrogen and oxygen atoms in total. The van der Waals surface area contributed by atoms with Crippen LogP contribution in [0.15, 0.2) is 12.1 Å². The van der Waals surface area contributed by atoms with E-state index < -0.39 is 0 Å². The highest BCUT2D eigenvalue weighted by Crippen LogP contribution is 2.36. The number of aliphatic hydroxyl groups is 1. The Morgan fingerprint density at radius 3 is 2.86 bits per heavy atom. The second-order valence-electron chi connectivity index (χ2n) is 4.19. The van der Waals surface area contributed by atoms with Crippen LogP contribution in [-0.2, 0) is 6.42 Å². The summed E-state index contributed by atoms with van der Waals surface area (Å²) in [6.07, 6.45) is 5.81. The van der Waals surface area contributed by atoms with Gasteiger partial charge in [0.15, 0.2) is 0 Å². The van der Waals surface area contributed by atoms with Gasteiger partial charge in [-0.3, -0.25) is 0 Å². The van der Waals surface area contributed by atoms with Gasteiger partial charge in [0.1, 0.15) is 0 Å². The lowest BCUT2D eigenvalue weighted by atomic mass is 10.1. The van der Waals surface area contributed by atoms with Crippen LogP contribution in [0, 0.1) is 5.92 Å². The Bertz CT molecular complexity index is 288. The second kappa shape index (κ2) is 4.45. The zero-order valence-corrected chi connectivity index (χ0v) is 9.52. The minimum Gasteiger partial charge on any atom is -0.388 e. The highest BCUT2D eigenvalue weighted by molar-refractivity contribution is 7.12. The third kappa shape index (κ3) is 2.58. The van der Waals surface area contributed by atoms with E-state index in [0.29, 0.717) is 0 Å². The van der Waals surface area contributed by atoms with Crippen LogP contribution < -0.4 is 0 Å². The van der Waals surface area contributed by atoms with Crippen molar-refractivity contribution in [1.82, 2.24) is 0 Å². The number of hydrogen-bond acceptors (Lipinski definition) is 2. The van der Waals surface area contributed by atoms with Gasteiger partial charge in [-0.25, -0.2) is 0 Å². The number of aryl methyl sites for hydroxylation is 1. The topological polar surface area (TPSA) is 20.2 Å². The molecule has 1 aliphatic carbocycles. The van der Waals surface area contributed by atoms with E-state index >= 15 is 0 Å². The average molecular weight is 210 g/mol. The molecule has 1 aromatic rings. The van der Waals surface area contributed by atoms with Crippen LogP contribution in [0.1, 0.15) is 48.5 Å². The van der Waals surface area contributed by atoms with E-state index in [0.717, 1.165) is 23.6 Å². The number of aliphatic hydroxyl groups excluding tert-OH is 1. The summed E-state index contributed by atoms with van der Waals surface area (Å²) in [4.78, 5) is 2.54. The van der Waals surface area contributed by atoms with Gasteiger partial charge in [-0.1, -0.05) is 19.8 Å². The molecule has 2 rings (SSSR count). The van der Waals surface area contributed by atoms with Gasteiger partial charge in [-0.15, -0.1) is 11.3 Å². The highest BCUT2D eigenvalue weighted by atomic mass is 32.1. The molecule has 1 unspecified atom stereocenters. The molecule has 1 aliphatic rings. The standard InChI is InChI=1S/C12H18OS/c1-2-10-6-8-12(14-10)11(13)7-5-9-3-4-9/h6,8-9,11,13H,2-5,7H2,1H3. The molecule has 0 aliphatic heterocycles. The zero-order chi connectivity index (χ0) is 9.97. The first-order chi connectivity index (χ1) is 6.79. The van der Waals surface area contributed by atoms with E-state index in [1.807, 2.05) is 0 Å². The van der Waals surface area contributed by atoms with Gasteiger partial charge in [0.2, 0.25) is 0 Å². The monoisotopic (exact) mass is 210 g/mol. The fourth-order valence-corrected chi connectivity index (χ4v) is 2.68. The van der Waals surface area contributed by atoms with E-state index in [1.54, 1.807) is 11.3 Å². The van der Waals surface area contributed by atoms with Gasteiger partial charge in [-0.2, -0.15) is 0 Å². The Labute approximate surface area is 89.8 Å². The lowest BCUT2D eigenvalue weighted by Gasteiger charge is -2.06. The van der Waals surface area contributed by atoms with Gasteiger partial charge in [0, 0.05) is 9.75 Å². The summed E-state index contributed by atoms with van der Waals surface area (Å²) in [6, 6.07) is 4.22.